The Morgan fingerprint density at radius 3 is 2.84 bits per heavy atom. The van der Waals surface area contributed by atoms with Gasteiger partial charge in [-0.3, -0.25) is 9.78 Å². The van der Waals surface area contributed by atoms with Gasteiger partial charge in [-0.15, -0.1) is 0 Å². The molecule has 3 rings (SSSR count). The Morgan fingerprint density at radius 1 is 1.26 bits per heavy atom. The molecular formula is C16H16BNO. The fourth-order valence-corrected chi connectivity index (χ4v) is 2.79. The molecule has 2 nitrogen and oxygen atoms in total. The van der Waals surface area contributed by atoms with Crippen LogP contribution in [0.5, 0.6) is 0 Å². The zero-order chi connectivity index (χ0) is 13.2. The number of carbonyl (C=O) groups excluding carboxylic acids is 1. The predicted molar refractivity (Wildman–Crippen MR) is 78.5 cm³/mol. The highest BCUT2D eigenvalue weighted by atomic mass is 16.1. The maximum atomic E-state index is 12.2. The van der Waals surface area contributed by atoms with Gasteiger partial charge in [0.25, 0.3) is 0 Å². The number of aromatic nitrogens is 1. The summed E-state index contributed by atoms with van der Waals surface area (Å²) in [5.74, 6) is 0.160. The summed E-state index contributed by atoms with van der Waals surface area (Å²) in [6, 6.07) is 10.0. The summed E-state index contributed by atoms with van der Waals surface area (Å²) in [6.45, 7) is 2.89. The van der Waals surface area contributed by atoms with Gasteiger partial charge in [0, 0.05) is 24.4 Å². The van der Waals surface area contributed by atoms with Gasteiger partial charge in [-0.2, -0.15) is 0 Å². The lowest BCUT2D eigenvalue weighted by atomic mass is 9.48. The molecule has 0 bridgehead atoms. The van der Waals surface area contributed by atoms with Gasteiger partial charge in [-0.05, 0) is 24.1 Å². The van der Waals surface area contributed by atoms with Crippen molar-refractivity contribution in [1.82, 2.24) is 4.98 Å². The minimum Gasteiger partial charge on any atom is -0.294 e. The van der Waals surface area contributed by atoms with Gasteiger partial charge in [0.2, 0.25) is 0 Å². The van der Waals surface area contributed by atoms with Crippen LogP contribution in [0.25, 0.3) is 0 Å². The second-order valence-corrected chi connectivity index (χ2v) is 5.31. The van der Waals surface area contributed by atoms with Crippen LogP contribution >= 0.6 is 0 Å². The standard InChI is InChI=1S/C16H16BNO/c1-17-7-4-13-3-2-12(10-15(13)17)11-16(19)14-5-8-18-9-6-14/h2-3,5-6,8-10H,4,7,11H2,1H3. The number of carbonyl (C=O) groups is 1. The lowest BCUT2D eigenvalue weighted by Gasteiger charge is -2.06. The lowest BCUT2D eigenvalue weighted by molar-refractivity contribution is 0.0993. The van der Waals surface area contributed by atoms with Crippen molar-refractivity contribution < 1.29 is 4.79 Å². The molecule has 1 aromatic carbocycles. The highest BCUT2D eigenvalue weighted by Gasteiger charge is 2.21. The quantitative estimate of drug-likeness (QED) is 0.617. The van der Waals surface area contributed by atoms with Crippen molar-refractivity contribution in [3.05, 3.63) is 59.4 Å². The average Bonchev–Trinajstić information content (AvgIpc) is 2.81. The van der Waals surface area contributed by atoms with E-state index >= 15 is 0 Å². The molecule has 0 radical (unpaired) electrons. The Labute approximate surface area is 114 Å². The Hall–Kier alpha value is -1.90. The molecule has 0 saturated carbocycles. The van der Waals surface area contributed by atoms with Crippen molar-refractivity contribution in [3.8, 4) is 0 Å². The number of pyridine rings is 1. The molecule has 94 valence electrons. The molecule has 3 heteroatoms. The fraction of sp³-hybridized carbons (Fsp3) is 0.250. The van der Waals surface area contributed by atoms with Crippen LogP contribution < -0.4 is 5.46 Å². The summed E-state index contributed by atoms with van der Waals surface area (Å²) in [6.07, 6.45) is 6.21. The molecule has 1 aliphatic rings. The van der Waals surface area contributed by atoms with E-state index in [1.807, 2.05) is 0 Å². The largest absolute Gasteiger partial charge is 0.294 e. The first-order chi connectivity index (χ1) is 9.24. The highest BCUT2D eigenvalue weighted by Crippen LogP contribution is 2.16. The van der Waals surface area contributed by atoms with Gasteiger partial charge in [0.15, 0.2) is 12.5 Å². The van der Waals surface area contributed by atoms with Crippen LogP contribution in [0.4, 0.5) is 0 Å². The van der Waals surface area contributed by atoms with Crippen LogP contribution in [-0.4, -0.2) is 17.5 Å². The van der Waals surface area contributed by atoms with E-state index < -0.39 is 0 Å². The molecule has 19 heavy (non-hydrogen) atoms. The number of nitrogens with zero attached hydrogens (tertiary/aromatic N) is 1. The molecule has 1 aromatic heterocycles. The molecule has 0 atom stereocenters. The highest BCUT2D eigenvalue weighted by molar-refractivity contribution is 6.73. The number of ketones is 1. The first kappa shape index (κ1) is 12.2. The maximum Gasteiger partial charge on any atom is 0.173 e. The molecule has 0 N–H and O–H groups in total. The topological polar surface area (TPSA) is 30.0 Å². The number of fused-ring (bicyclic) bond motifs is 1. The van der Waals surface area contributed by atoms with Gasteiger partial charge >= 0.3 is 0 Å². The van der Waals surface area contributed by atoms with Gasteiger partial charge in [-0.1, -0.05) is 42.4 Å². The van der Waals surface area contributed by atoms with E-state index in [1.54, 1.807) is 24.5 Å². The smallest absolute Gasteiger partial charge is 0.173 e. The van der Waals surface area contributed by atoms with Crippen molar-refractivity contribution in [2.45, 2.75) is 26.0 Å². The molecule has 2 heterocycles. The molecule has 1 aliphatic heterocycles. The third-order valence-corrected chi connectivity index (χ3v) is 3.95. The number of rotatable bonds is 3. The van der Waals surface area contributed by atoms with Crippen molar-refractivity contribution >= 4 is 18.0 Å². The minimum absolute atomic E-state index is 0.160. The Bertz CT molecular complexity index is 609. The van der Waals surface area contributed by atoms with Crippen LogP contribution in [0, 0.1) is 0 Å². The fourth-order valence-electron chi connectivity index (χ4n) is 2.79. The molecule has 0 aliphatic carbocycles. The van der Waals surface area contributed by atoms with Crippen LogP contribution in [0.2, 0.25) is 13.1 Å². The number of Topliss-reactive ketones (excluding diaryl/α,β-unsaturated/α-hetero) is 1. The van der Waals surface area contributed by atoms with Crippen LogP contribution in [0.3, 0.4) is 0 Å². The molecule has 0 fully saturated rings. The van der Waals surface area contributed by atoms with Gasteiger partial charge < -0.3 is 0 Å². The molecule has 0 unspecified atom stereocenters. The van der Waals surface area contributed by atoms with Crippen molar-refractivity contribution in [1.29, 1.82) is 0 Å². The van der Waals surface area contributed by atoms with Crippen molar-refractivity contribution in [2.75, 3.05) is 0 Å². The van der Waals surface area contributed by atoms with E-state index in [9.17, 15) is 4.79 Å². The van der Waals surface area contributed by atoms with E-state index in [4.69, 9.17) is 0 Å². The normalized spacial score (nSPS) is 13.4. The Kier molecular flexibility index (Phi) is 3.20. The summed E-state index contributed by atoms with van der Waals surface area (Å²) in [5.41, 5.74) is 4.74. The summed E-state index contributed by atoms with van der Waals surface area (Å²) in [7, 11) is 0. The monoisotopic (exact) mass is 249 g/mol. The predicted octanol–water partition coefficient (Wildman–Crippen LogP) is 2.39. The Morgan fingerprint density at radius 2 is 2.05 bits per heavy atom. The SMILES string of the molecule is CB1CCc2ccc(CC(=O)c3ccncc3)cc21. The van der Waals surface area contributed by atoms with E-state index in [-0.39, 0.29) is 5.78 Å². The van der Waals surface area contributed by atoms with E-state index in [2.05, 4.69) is 30.0 Å². The molecule has 0 spiro atoms. The number of aryl methyl sites for hydroxylation is 1. The van der Waals surface area contributed by atoms with Gasteiger partial charge in [-0.25, -0.2) is 0 Å². The number of hydrogen-bond donors (Lipinski definition) is 0. The van der Waals surface area contributed by atoms with Crippen molar-refractivity contribution in [2.24, 2.45) is 0 Å². The summed E-state index contributed by atoms with van der Waals surface area (Å²) in [5, 5.41) is 0. The van der Waals surface area contributed by atoms with Gasteiger partial charge in [0.05, 0.1) is 0 Å². The third kappa shape index (κ3) is 2.46. The second-order valence-electron chi connectivity index (χ2n) is 5.31. The van der Waals surface area contributed by atoms with Crippen molar-refractivity contribution in [3.63, 3.8) is 0 Å². The molecule has 0 amide bonds. The zero-order valence-electron chi connectivity index (χ0n) is 11.1. The van der Waals surface area contributed by atoms with E-state index in [0.29, 0.717) is 13.1 Å². The summed E-state index contributed by atoms with van der Waals surface area (Å²) >= 11 is 0. The zero-order valence-corrected chi connectivity index (χ0v) is 11.1. The lowest BCUT2D eigenvalue weighted by Crippen LogP contribution is -2.23. The average molecular weight is 249 g/mol. The summed E-state index contributed by atoms with van der Waals surface area (Å²) < 4.78 is 0. The summed E-state index contributed by atoms with van der Waals surface area (Å²) in [4.78, 5) is 16.1. The molecule has 0 saturated heterocycles. The van der Waals surface area contributed by atoms with E-state index in [0.717, 1.165) is 11.1 Å². The van der Waals surface area contributed by atoms with E-state index in [1.165, 1.54) is 23.8 Å². The minimum atomic E-state index is 0.160. The van der Waals surface area contributed by atoms with Gasteiger partial charge in [0.1, 0.15) is 0 Å². The third-order valence-electron chi connectivity index (χ3n) is 3.95. The number of hydrogen-bond acceptors (Lipinski definition) is 2. The van der Waals surface area contributed by atoms with Crippen LogP contribution in [0.1, 0.15) is 21.5 Å². The van der Waals surface area contributed by atoms with Crippen LogP contribution in [0.15, 0.2) is 42.7 Å². The van der Waals surface area contributed by atoms with Crippen LogP contribution in [-0.2, 0) is 12.8 Å². The maximum absolute atomic E-state index is 12.2. The molecular weight excluding hydrogens is 233 g/mol. The second kappa shape index (κ2) is 5.00. The number of benzene rings is 1. The first-order valence-corrected chi connectivity index (χ1v) is 6.79. The Balaban J connectivity index is 1.81. The molecule has 2 aromatic rings. The first-order valence-electron chi connectivity index (χ1n) is 6.79.